The topological polar surface area (TPSA) is 47.8 Å². The highest BCUT2D eigenvalue weighted by Crippen LogP contribution is 2.12. The number of aryl methyl sites for hydroxylation is 2. The molecule has 0 radical (unpaired) electrons. The van der Waals surface area contributed by atoms with Crippen LogP contribution < -0.4 is 0 Å². The van der Waals surface area contributed by atoms with E-state index in [1.54, 1.807) is 4.68 Å². The van der Waals surface area contributed by atoms with Gasteiger partial charge in [0.2, 0.25) is 0 Å². The third kappa shape index (κ3) is 1.74. The number of nitrogens with zero attached hydrogens (tertiary/aromatic N) is 3. The molecule has 1 aromatic carbocycles. The van der Waals surface area contributed by atoms with Crippen LogP contribution in [0, 0.1) is 6.92 Å². The van der Waals surface area contributed by atoms with Gasteiger partial charge in [-0.25, -0.2) is 4.68 Å². The second kappa shape index (κ2) is 4.26. The van der Waals surface area contributed by atoms with Crippen LogP contribution >= 0.6 is 0 Å². The fraction of sp³-hybridized carbons (Fsp3) is 0.250. The molecular weight excluding hydrogens is 202 g/mol. The molecule has 4 heteroatoms. The smallest absolute Gasteiger partial charge is 0.170 e. The van der Waals surface area contributed by atoms with Crippen molar-refractivity contribution in [1.82, 2.24) is 15.0 Å². The third-order valence-electron chi connectivity index (χ3n) is 2.50. The second-order valence-corrected chi connectivity index (χ2v) is 3.64. The van der Waals surface area contributed by atoms with E-state index in [0.29, 0.717) is 12.1 Å². The van der Waals surface area contributed by atoms with E-state index in [1.165, 1.54) is 5.56 Å². The summed E-state index contributed by atoms with van der Waals surface area (Å²) in [7, 11) is 0. The Hall–Kier alpha value is -1.97. The van der Waals surface area contributed by atoms with E-state index < -0.39 is 0 Å². The van der Waals surface area contributed by atoms with Crippen molar-refractivity contribution >= 4 is 6.29 Å². The minimum absolute atomic E-state index is 0.534. The molecule has 16 heavy (non-hydrogen) atoms. The molecule has 0 aliphatic rings. The predicted octanol–water partition coefficient (Wildman–Crippen LogP) is 1.95. The van der Waals surface area contributed by atoms with Crippen molar-refractivity contribution in [3.8, 4) is 5.69 Å². The largest absolute Gasteiger partial charge is 0.296 e. The molecule has 0 fully saturated rings. The van der Waals surface area contributed by atoms with Crippen LogP contribution in [0.4, 0.5) is 0 Å². The highest BCUT2D eigenvalue weighted by atomic mass is 16.1. The molecule has 0 atom stereocenters. The summed E-state index contributed by atoms with van der Waals surface area (Å²) < 4.78 is 1.57. The number of carbonyl (C=O) groups is 1. The van der Waals surface area contributed by atoms with Gasteiger partial charge >= 0.3 is 0 Å². The van der Waals surface area contributed by atoms with E-state index in [2.05, 4.69) is 10.3 Å². The van der Waals surface area contributed by atoms with Crippen molar-refractivity contribution in [1.29, 1.82) is 0 Å². The molecule has 0 spiro atoms. The molecule has 0 saturated heterocycles. The fourth-order valence-corrected chi connectivity index (χ4v) is 1.57. The standard InChI is InChI=1S/C12H13N3O/c1-3-11-12(8-16)15(14-13-11)10-6-4-9(2)5-7-10/h4-8H,3H2,1-2H3. The number of aldehydes is 1. The Morgan fingerprint density at radius 1 is 1.31 bits per heavy atom. The number of benzene rings is 1. The number of hydrogen-bond donors (Lipinski definition) is 0. The molecule has 0 unspecified atom stereocenters. The van der Waals surface area contributed by atoms with Gasteiger partial charge in [0, 0.05) is 0 Å². The Labute approximate surface area is 93.9 Å². The zero-order valence-electron chi connectivity index (χ0n) is 9.34. The normalized spacial score (nSPS) is 10.4. The molecule has 2 rings (SSSR count). The van der Waals surface area contributed by atoms with Crippen LogP contribution in [0.3, 0.4) is 0 Å². The first-order valence-corrected chi connectivity index (χ1v) is 5.23. The van der Waals surface area contributed by atoms with E-state index in [0.717, 1.165) is 17.7 Å². The third-order valence-corrected chi connectivity index (χ3v) is 2.50. The van der Waals surface area contributed by atoms with Crippen molar-refractivity contribution in [2.75, 3.05) is 0 Å². The lowest BCUT2D eigenvalue weighted by atomic mass is 10.2. The summed E-state index contributed by atoms with van der Waals surface area (Å²) in [5, 5.41) is 7.98. The Morgan fingerprint density at radius 2 is 2.00 bits per heavy atom. The van der Waals surface area contributed by atoms with E-state index in [1.807, 2.05) is 38.1 Å². The number of aromatic nitrogens is 3. The SMILES string of the molecule is CCc1nnn(-c2ccc(C)cc2)c1C=O. The number of rotatable bonds is 3. The summed E-state index contributed by atoms with van der Waals surface area (Å²) >= 11 is 0. The van der Waals surface area contributed by atoms with Gasteiger partial charge in [0.05, 0.1) is 11.4 Å². The van der Waals surface area contributed by atoms with Gasteiger partial charge < -0.3 is 0 Å². The summed E-state index contributed by atoms with van der Waals surface area (Å²) in [5.74, 6) is 0. The van der Waals surface area contributed by atoms with E-state index in [-0.39, 0.29) is 0 Å². The van der Waals surface area contributed by atoms with Gasteiger partial charge in [0.15, 0.2) is 6.29 Å². The van der Waals surface area contributed by atoms with Crippen molar-refractivity contribution in [2.45, 2.75) is 20.3 Å². The predicted molar refractivity (Wildman–Crippen MR) is 60.9 cm³/mol. The average molecular weight is 215 g/mol. The van der Waals surface area contributed by atoms with Gasteiger partial charge in [0.25, 0.3) is 0 Å². The summed E-state index contributed by atoms with van der Waals surface area (Å²) in [6, 6.07) is 7.82. The van der Waals surface area contributed by atoms with Crippen LogP contribution in [-0.4, -0.2) is 21.3 Å². The van der Waals surface area contributed by atoms with Crippen molar-refractivity contribution in [2.24, 2.45) is 0 Å². The maximum absolute atomic E-state index is 11.0. The average Bonchev–Trinajstić information content (AvgIpc) is 2.72. The van der Waals surface area contributed by atoms with Crippen molar-refractivity contribution in [3.63, 3.8) is 0 Å². The fourth-order valence-electron chi connectivity index (χ4n) is 1.57. The lowest BCUT2D eigenvalue weighted by Gasteiger charge is -2.02. The molecule has 0 N–H and O–H groups in total. The van der Waals surface area contributed by atoms with Crippen LogP contribution in [0.5, 0.6) is 0 Å². The molecule has 0 bridgehead atoms. The molecule has 1 heterocycles. The van der Waals surface area contributed by atoms with E-state index >= 15 is 0 Å². The van der Waals surface area contributed by atoms with Crippen LogP contribution in [-0.2, 0) is 6.42 Å². The van der Waals surface area contributed by atoms with Gasteiger partial charge in [-0.15, -0.1) is 5.10 Å². The Kier molecular flexibility index (Phi) is 2.81. The van der Waals surface area contributed by atoms with Gasteiger partial charge in [0.1, 0.15) is 5.69 Å². The monoisotopic (exact) mass is 215 g/mol. The molecule has 0 aliphatic carbocycles. The molecule has 82 valence electrons. The maximum Gasteiger partial charge on any atom is 0.170 e. The maximum atomic E-state index is 11.0. The van der Waals surface area contributed by atoms with Gasteiger partial charge in [-0.2, -0.15) is 0 Å². The second-order valence-electron chi connectivity index (χ2n) is 3.64. The van der Waals surface area contributed by atoms with Crippen LogP contribution in [0.1, 0.15) is 28.7 Å². The molecule has 1 aromatic heterocycles. The Balaban J connectivity index is 2.51. The van der Waals surface area contributed by atoms with Crippen LogP contribution in [0.25, 0.3) is 5.69 Å². The summed E-state index contributed by atoms with van der Waals surface area (Å²) in [6.07, 6.45) is 1.51. The molecule has 0 aliphatic heterocycles. The Bertz CT molecular complexity index is 499. The molecule has 4 nitrogen and oxygen atoms in total. The van der Waals surface area contributed by atoms with Gasteiger partial charge in [-0.3, -0.25) is 4.79 Å². The van der Waals surface area contributed by atoms with Crippen LogP contribution in [0.2, 0.25) is 0 Å². The highest BCUT2D eigenvalue weighted by molar-refractivity contribution is 5.74. The molecular formula is C12H13N3O. The number of hydrogen-bond acceptors (Lipinski definition) is 3. The summed E-state index contributed by atoms with van der Waals surface area (Å²) in [4.78, 5) is 11.0. The van der Waals surface area contributed by atoms with Gasteiger partial charge in [-0.05, 0) is 25.5 Å². The summed E-state index contributed by atoms with van der Waals surface area (Å²) in [6.45, 7) is 3.97. The van der Waals surface area contributed by atoms with Crippen molar-refractivity contribution < 1.29 is 4.79 Å². The quantitative estimate of drug-likeness (QED) is 0.735. The Morgan fingerprint density at radius 3 is 2.56 bits per heavy atom. The zero-order valence-corrected chi connectivity index (χ0v) is 9.34. The number of carbonyl (C=O) groups excluding carboxylic acids is 1. The van der Waals surface area contributed by atoms with E-state index in [4.69, 9.17) is 0 Å². The molecule has 2 aromatic rings. The van der Waals surface area contributed by atoms with E-state index in [9.17, 15) is 4.79 Å². The molecule has 0 saturated carbocycles. The minimum Gasteiger partial charge on any atom is -0.296 e. The first-order valence-electron chi connectivity index (χ1n) is 5.23. The lowest BCUT2D eigenvalue weighted by Crippen LogP contribution is -2.02. The lowest BCUT2D eigenvalue weighted by molar-refractivity contribution is 0.111. The summed E-state index contributed by atoms with van der Waals surface area (Å²) in [5.41, 5.74) is 3.30. The van der Waals surface area contributed by atoms with Gasteiger partial charge in [-0.1, -0.05) is 29.8 Å². The first kappa shape index (κ1) is 10.5. The van der Waals surface area contributed by atoms with Crippen molar-refractivity contribution in [3.05, 3.63) is 41.2 Å². The van der Waals surface area contributed by atoms with Crippen LogP contribution in [0.15, 0.2) is 24.3 Å². The first-order chi connectivity index (χ1) is 7.76. The minimum atomic E-state index is 0.534. The highest BCUT2D eigenvalue weighted by Gasteiger charge is 2.11. The molecule has 0 amide bonds. The zero-order chi connectivity index (χ0) is 11.5.